The average Bonchev–Trinajstić information content (AvgIpc) is 2.88. The molecule has 0 aromatic carbocycles. The summed E-state index contributed by atoms with van der Waals surface area (Å²) in [6.07, 6.45) is 9.54. The van der Waals surface area contributed by atoms with Crippen molar-refractivity contribution >= 4 is 5.97 Å². The summed E-state index contributed by atoms with van der Waals surface area (Å²) in [7, 11) is 0. The van der Waals surface area contributed by atoms with Gasteiger partial charge in [-0.05, 0) is 49.5 Å². The summed E-state index contributed by atoms with van der Waals surface area (Å²) < 4.78 is 5.83. The highest BCUT2D eigenvalue weighted by molar-refractivity contribution is 5.75. The van der Waals surface area contributed by atoms with Crippen LogP contribution in [0.2, 0.25) is 0 Å². The van der Waals surface area contributed by atoms with Gasteiger partial charge in [0.2, 0.25) is 0 Å². The summed E-state index contributed by atoms with van der Waals surface area (Å²) in [6, 6.07) is 4.04. The van der Waals surface area contributed by atoms with Crippen molar-refractivity contribution in [3.8, 4) is 0 Å². The third-order valence-corrected chi connectivity index (χ3v) is 6.84. The Bertz CT molecular complexity index is 659. The number of quaternary nitrogens is 1. The Kier molecular flexibility index (Phi) is 4.40. The van der Waals surface area contributed by atoms with Crippen LogP contribution in [0.5, 0.6) is 0 Å². The minimum atomic E-state index is 0.0188. The molecule has 4 nitrogen and oxygen atoms in total. The minimum Gasteiger partial charge on any atom is -0.462 e. The summed E-state index contributed by atoms with van der Waals surface area (Å²) in [5.74, 6) is 0.981. The van der Waals surface area contributed by atoms with E-state index in [0.29, 0.717) is 11.8 Å². The molecule has 0 spiro atoms. The molecule has 5 atom stereocenters. The Hall–Kier alpha value is -1.68. The Morgan fingerprint density at radius 1 is 1.48 bits per heavy atom. The molecule has 0 bridgehead atoms. The van der Waals surface area contributed by atoms with Gasteiger partial charge < -0.3 is 10.1 Å². The largest absolute Gasteiger partial charge is 0.462 e. The lowest BCUT2D eigenvalue weighted by Crippen LogP contribution is -2.84. The molecule has 3 aliphatic rings. The Balaban J connectivity index is 1.42. The summed E-state index contributed by atoms with van der Waals surface area (Å²) in [4.78, 5) is 16.7. The van der Waals surface area contributed by atoms with Crippen molar-refractivity contribution in [2.75, 3.05) is 6.54 Å². The molecule has 0 amide bonds. The van der Waals surface area contributed by atoms with E-state index >= 15 is 0 Å². The molecule has 3 fully saturated rings. The normalized spacial score (nSPS) is 37.3. The molecular weight excluding hydrogens is 312 g/mol. The molecule has 2 saturated carbocycles. The van der Waals surface area contributed by atoms with Gasteiger partial charge in [-0.3, -0.25) is 9.78 Å². The summed E-state index contributed by atoms with van der Waals surface area (Å²) >= 11 is 0. The van der Waals surface area contributed by atoms with Gasteiger partial charge in [0.25, 0.3) is 0 Å². The van der Waals surface area contributed by atoms with Gasteiger partial charge in [0.1, 0.15) is 18.6 Å². The van der Waals surface area contributed by atoms with Gasteiger partial charge in [-0.25, -0.2) is 0 Å². The number of hydrogen-bond acceptors (Lipinski definition) is 3. The summed E-state index contributed by atoms with van der Waals surface area (Å²) in [6.45, 7) is 8.42. The fourth-order valence-corrected chi connectivity index (χ4v) is 5.47. The van der Waals surface area contributed by atoms with E-state index in [1.165, 1.54) is 24.0 Å². The van der Waals surface area contributed by atoms with Crippen molar-refractivity contribution in [3.63, 3.8) is 0 Å². The second-order valence-electron chi connectivity index (χ2n) is 8.49. The first kappa shape index (κ1) is 16.8. The molecule has 1 aromatic heterocycles. The van der Waals surface area contributed by atoms with E-state index in [1.807, 2.05) is 12.3 Å². The van der Waals surface area contributed by atoms with Gasteiger partial charge in [-0.1, -0.05) is 25.1 Å². The number of fused-ring (bicyclic) bond motifs is 2. The molecule has 25 heavy (non-hydrogen) atoms. The number of aromatic nitrogens is 1. The third kappa shape index (κ3) is 3.12. The average molecular weight is 341 g/mol. The van der Waals surface area contributed by atoms with Crippen LogP contribution in [0, 0.1) is 23.2 Å². The lowest BCUT2D eigenvalue weighted by Gasteiger charge is -2.49. The fraction of sp³-hybridized carbons (Fsp3) is 0.619. The number of allylic oxidation sites excluding steroid dienone is 1. The lowest BCUT2D eigenvalue weighted by atomic mass is 9.55. The highest BCUT2D eigenvalue weighted by Gasteiger charge is 2.55. The zero-order chi connectivity index (χ0) is 17.4. The molecule has 4 heteroatoms. The van der Waals surface area contributed by atoms with Crippen molar-refractivity contribution in [1.82, 2.24) is 4.98 Å². The van der Waals surface area contributed by atoms with E-state index in [9.17, 15) is 4.79 Å². The molecule has 1 aromatic rings. The maximum atomic E-state index is 12.5. The van der Waals surface area contributed by atoms with Crippen LogP contribution < -0.4 is 5.32 Å². The molecule has 134 valence electrons. The van der Waals surface area contributed by atoms with Gasteiger partial charge in [0.15, 0.2) is 0 Å². The maximum absolute atomic E-state index is 12.5. The van der Waals surface area contributed by atoms with Crippen LogP contribution >= 0.6 is 0 Å². The quantitative estimate of drug-likeness (QED) is 0.676. The highest BCUT2D eigenvalue weighted by atomic mass is 16.6. The van der Waals surface area contributed by atoms with Gasteiger partial charge in [0.05, 0.1) is 6.54 Å². The molecule has 2 N–H and O–H groups in total. The first-order valence-electron chi connectivity index (χ1n) is 9.65. The number of hydrogen-bond donors (Lipinski definition) is 1. The van der Waals surface area contributed by atoms with Crippen LogP contribution in [0.1, 0.15) is 44.6 Å². The van der Waals surface area contributed by atoms with Gasteiger partial charge >= 0.3 is 5.97 Å². The van der Waals surface area contributed by atoms with Crippen LogP contribution in [0.25, 0.3) is 0 Å². The predicted octanol–water partition coefficient (Wildman–Crippen LogP) is 2.46. The third-order valence-electron chi connectivity index (χ3n) is 6.84. The first-order chi connectivity index (χ1) is 12.1. The van der Waals surface area contributed by atoms with Crippen LogP contribution in [0.4, 0.5) is 0 Å². The molecule has 1 aliphatic heterocycles. The van der Waals surface area contributed by atoms with Gasteiger partial charge in [0, 0.05) is 23.9 Å². The van der Waals surface area contributed by atoms with E-state index in [0.717, 1.165) is 32.4 Å². The monoisotopic (exact) mass is 341 g/mol. The number of carbonyl (C=O) groups is 1. The lowest BCUT2D eigenvalue weighted by molar-refractivity contribution is -0.675. The first-order valence-corrected chi connectivity index (χ1v) is 9.65. The minimum absolute atomic E-state index is 0.0188. The molecule has 4 rings (SSSR count). The van der Waals surface area contributed by atoms with Gasteiger partial charge in [-0.2, -0.15) is 0 Å². The number of esters is 1. The SMILES string of the molecule is C=C1CCC[C@]2(C)C[C@@H]3OC(=O)[C@H](C[NH2+]Cc4cccnc4)[C@H]3C[C@@H]12. The second-order valence-corrected chi connectivity index (χ2v) is 8.49. The smallest absolute Gasteiger partial charge is 0.315 e. The highest BCUT2D eigenvalue weighted by Crippen LogP contribution is 2.56. The van der Waals surface area contributed by atoms with E-state index in [-0.39, 0.29) is 23.4 Å². The Morgan fingerprint density at radius 3 is 3.16 bits per heavy atom. The number of carbonyl (C=O) groups excluding carboxylic acids is 1. The number of pyridine rings is 1. The van der Waals surface area contributed by atoms with Crippen molar-refractivity contribution < 1.29 is 14.8 Å². The number of nitrogens with zero attached hydrogens (tertiary/aromatic N) is 1. The van der Waals surface area contributed by atoms with Crippen molar-refractivity contribution in [1.29, 1.82) is 0 Å². The fourth-order valence-electron chi connectivity index (χ4n) is 5.47. The van der Waals surface area contributed by atoms with Crippen LogP contribution in [0.15, 0.2) is 36.7 Å². The van der Waals surface area contributed by atoms with Crippen molar-refractivity contribution in [2.24, 2.45) is 23.2 Å². The molecule has 0 radical (unpaired) electrons. The van der Waals surface area contributed by atoms with E-state index in [4.69, 9.17) is 4.74 Å². The number of rotatable bonds is 4. The number of ether oxygens (including phenoxy) is 1. The van der Waals surface area contributed by atoms with Crippen molar-refractivity contribution in [2.45, 2.75) is 51.7 Å². The van der Waals surface area contributed by atoms with Crippen molar-refractivity contribution in [3.05, 3.63) is 42.2 Å². The maximum Gasteiger partial charge on any atom is 0.315 e. The summed E-state index contributed by atoms with van der Waals surface area (Å²) in [5.41, 5.74) is 2.89. The Labute approximate surface area is 150 Å². The van der Waals surface area contributed by atoms with Crippen LogP contribution in [0.3, 0.4) is 0 Å². The zero-order valence-corrected chi connectivity index (χ0v) is 15.1. The van der Waals surface area contributed by atoms with Crippen LogP contribution in [-0.4, -0.2) is 23.6 Å². The van der Waals surface area contributed by atoms with E-state index < -0.39 is 0 Å². The second kappa shape index (κ2) is 6.56. The molecule has 2 heterocycles. The topological polar surface area (TPSA) is 55.8 Å². The standard InChI is InChI=1S/C21H28N2O2/c1-14-5-3-7-21(2)10-19-16(9-18(14)21)17(20(24)25-19)13-23-12-15-6-4-8-22-11-15/h4,6,8,11,16-19,23H,1,3,5,7,9-10,12-13H2,2H3/p+1/t16-,17-,18+,19+,21-/m1/s1. The molecule has 2 aliphatic carbocycles. The molecular formula is C21H29N2O2+. The molecule has 0 unspecified atom stereocenters. The number of nitrogens with two attached hydrogens (primary N) is 1. The Morgan fingerprint density at radius 2 is 2.36 bits per heavy atom. The zero-order valence-electron chi connectivity index (χ0n) is 15.1. The predicted molar refractivity (Wildman–Crippen MR) is 95.4 cm³/mol. The van der Waals surface area contributed by atoms with E-state index in [1.54, 1.807) is 6.20 Å². The molecule has 1 saturated heterocycles. The van der Waals surface area contributed by atoms with Crippen LogP contribution in [-0.2, 0) is 16.1 Å². The van der Waals surface area contributed by atoms with Gasteiger partial charge in [-0.15, -0.1) is 0 Å². The summed E-state index contributed by atoms with van der Waals surface area (Å²) in [5, 5.41) is 2.23. The van der Waals surface area contributed by atoms with E-state index in [2.05, 4.69) is 29.9 Å².